The van der Waals surface area contributed by atoms with Gasteiger partial charge >= 0.3 is 0 Å². The molecule has 2 heterocycles. The summed E-state index contributed by atoms with van der Waals surface area (Å²) >= 11 is 1.98. The highest BCUT2D eigenvalue weighted by Crippen LogP contribution is 2.36. The van der Waals surface area contributed by atoms with Gasteiger partial charge in [-0.15, -0.1) is 11.8 Å². The van der Waals surface area contributed by atoms with Crippen molar-refractivity contribution in [3.63, 3.8) is 0 Å². The van der Waals surface area contributed by atoms with Crippen molar-refractivity contribution in [3.8, 4) is 0 Å². The number of thioether (sulfide) groups is 1. The van der Waals surface area contributed by atoms with Crippen molar-refractivity contribution in [2.45, 2.75) is 70.2 Å². The van der Waals surface area contributed by atoms with Gasteiger partial charge in [-0.1, -0.05) is 20.8 Å². The van der Waals surface area contributed by atoms with Crippen LogP contribution in [0.1, 0.15) is 59.2 Å². The first-order valence-electron chi connectivity index (χ1n) is 10.7. The topological polar surface area (TPSA) is 38.1 Å². The molecule has 1 saturated carbocycles. The summed E-state index contributed by atoms with van der Waals surface area (Å²) in [5.74, 6) is 4.17. The largest absolute Gasteiger partial charge is 0.343 e. The Morgan fingerprint density at radius 2 is 1.86 bits per heavy atom. The van der Waals surface area contributed by atoms with Gasteiger partial charge in [-0.3, -0.25) is 4.79 Å². The Morgan fingerprint density at radius 1 is 1.14 bits per heavy atom. The molecular weight excluding hydrogens is 366 g/mol. The number of carbonyl (C=O) groups excluding carboxylic acids is 1. The van der Waals surface area contributed by atoms with E-state index < -0.39 is 0 Å². The second-order valence-electron chi connectivity index (χ2n) is 9.65. The minimum atomic E-state index is 0.0143. The van der Waals surface area contributed by atoms with Gasteiger partial charge in [-0.2, -0.15) is 0 Å². The van der Waals surface area contributed by atoms with Crippen molar-refractivity contribution in [2.24, 2.45) is 11.8 Å². The van der Waals surface area contributed by atoms with Crippen molar-refractivity contribution in [1.82, 2.24) is 14.5 Å². The standard InChI is InChI=1S/C23H33N3OS/c1-16(27)25-11-9-17(10-12-25)14-26-21-8-7-19(28-15-18-5-6-18)13-20(21)24-22(26)23(2,3)4/h7-8,13,17-18H,5-6,9-12,14-15H2,1-4H3. The molecule has 1 aromatic heterocycles. The number of rotatable bonds is 5. The molecule has 1 aromatic carbocycles. The summed E-state index contributed by atoms with van der Waals surface area (Å²) < 4.78 is 2.46. The number of piperidine rings is 1. The molecule has 0 N–H and O–H groups in total. The highest BCUT2D eigenvalue weighted by Gasteiger charge is 2.27. The third-order valence-corrected chi connectivity index (χ3v) is 7.30. The van der Waals surface area contributed by atoms with Gasteiger partial charge in [0, 0.05) is 42.6 Å². The van der Waals surface area contributed by atoms with Crippen LogP contribution in [0.25, 0.3) is 11.0 Å². The van der Waals surface area contributed by atoms with E-state index in [-0.39, 0.29) is 11.3 Å². The van der Waals surface area contributed by atoms with E-state index in [9.17, 15) is 4.79 Å². The fourth-order valence-corrected chi connectivity index (χ4v) is 5.26. The summed E-state index contributed by atoms with van der Waals surface area (Å²) in [6.07, 6.45) is 4.97. The summed E-state index contributed by atoms with van der Waals surface area (Å²) in [6, 6.07) is 6.84. The molecule has 4 rings (SSSR count). The first-order valence-corrected chi connectivity index (χ1v) is 11.7. The van der Waals surface area contributed by atoms with Crippen LogP contribution in [0.5, 0.6) is 0 Å². The summed E-state index contributed by atoms with van der Waals surface area (Å²) in [6.45, 7) is 11.2. The van der Waals surface area contributed by atoms with Crippen molar-refractivity contribution in [3.05, 3.63) is 24.0 Å². The number of amides is 1. The van der Waals surface area contributed by atoms with Gasteiger partial charge in [0.25, 0.3) is 0 Å². The van der Waals surface area contributed by atoms with Gasteiger partial charge in [0.1, 0.15) is 5.82 Å². The molecule has 0 unspecified atom stereocenters. The lowest BCUT2D eigenvalue weighted by Gasteiger charge is -2.32. The SMILES string of the molecule is CC(=O)N1CCC(Cn2c(C(C)(C)C)nc3cc(SCC4CC4)ccc32)CC1. The van der Waals surface area contributed by atoms with E-state index in [1.165, 1.54) is 34.8 Å². The van der Waals surface area contributed by atoms with Gasteiger partial charge in [0.2, 0.25) is 5.91 Å². The lowest BCUT2D eigenvalue weighted by molar-refractivity contribution is -0.130. The zero-order valence-corrected chi connectivity index (χ0v) is 18.5. The third kappa shape index (κ3) is 4.40. The maximum absolute atomic E-state index is 11.6. The summed E-state index contributed by atoms with van der Waals surface area (Å²) in [4.78, 5) is 20.0. The minimum Gasteiger partial charge on any atom is -0.343 e. The van der Waals surface area contributed by atoms with Gasteiger partial charge in [-0.05, 0) is 55.7 Å². The molecule has 1 saturated heterocycles. The molecule has 1 amide bonds. The van der Waals surface area contributed by atoms with Crippen molar-refractivity contribution in [2.75, 3.05) is 18.8 Å². The second kappa shape index (κ2) is 7.74. The first-order chi connectivity index (χ1) is 13.3. The fourth-order valence-electron chi connectivity index (χ4n) is 4.14. The number of aromatic nitrogens is 2. The molecule has 0 bridgehead atoms. The van der Waals surface area contributed by atoms with Crippen molar-refractivity contribution < 1.29 is 4.79 Å². The molecule has 5 heteroatoms. The molecule has 28 heavy (non-hydrogen) atoms. The molecule has 152 valence electrons. The lowest BCUT2D eigenvalue weighted by atomic mass is 9.93. The molecule has 0 spiro atoms. The predicted octanol–water partition coefficient (Wildman–Crippen LogP) is 5.09. The Labute approximate surface area is 173 Å². The number of fused-ring (bicyclic) bond motifs is 1. The summed E-state index contributed by atoms with van der Waals surface area (Å²) in [5.41, 5.74) is 2.40. The molecule has 2 aromatic rings. The highest BCUT2D eigenvalue weighted by atomic mass is 32.2. The fraction of sp³-hybridized carbons (Fsp3) is 0.652. The number of imidazole rings is 1. The van der Waals surface area contributed by atoms with E-state index in [0.717, 1.165) is 43.9 Å². The summed E-state index contributed by atoms with van der Waals surface area (Å²) in [7, 11) is 0. The third-order valence-electron chi connectivity index (χ3n) is 6.07. The predicted molar refractivity (Wildman–Crippen MR) is 117 cm³/mol. The lowest BCUT2D eigenvalue weighted by Crippen LogP contribution is -2.38. The Balaban J connectivity index is 1.57. The zero-order valence-electron chi connectivity index (χ0n) is 17.7. The van der Waals surface area contributed by atoms with Crippen LogP contribution in [0, 0.1) is 11.8 Å². The number of benzene rings is 1. The van der Waals surface area contributed by atoms with Crippen LogP contribution in [0.2, 0.25) is 0 Å². The second-order valence-corrected chi connectivity index (χ2v) is 10.7. The first kappa shape index (κ1) is 19.8. The van der Waals surface area contributed by atoms with Crippen LogP contribution in [0.3, 0.4) is 0 Å². The van der Waals surface area contributed by atoms with Gasteiger partial charge < -0.3 is 9.47 Å². The highest BCUT2D eigenvalue weighted by molar-refractivity contribution is 7.99. The van der Waals surface area contributed by atoms with Crippen LogP contribution in [0.15, 0.2) is 23.1 Å². The number of carbonyl (C=O) groups is 1. The smallest absolute Gasteiger partial charge is 0.219 e. The molecule has 4 nitrogen and oxygen atoms in total. The van der Waals surface area contributed by atoms with Crippen LogP contribution in [-0.2, 0) is 16.8 Å². The quantitative estimate of drug-likeness (QED) is 0.657. The average Bonchev–Trinajstić information content (AvgIpc) is 3.41. The van der Waals surface area contributed by atoms with E-state index in [0.29, 0.717) is 5.92 Å². The molecule has 2 aliphatic rings. The Morgan fingerprint density at radius 3 is 2.46 bits per heavy atom. The maximum Gasteiger partial charge on any atom is 0.219 e. The zero-order chi connectivity index (χ0) is 19.9. The van der Waals surface area contributed by atoms with Gasteiger partial charge in [-0.25, -0.2) is 4.98 Å². The number of likely N-dealkylation sites (tertiary alicyclic amines) is 1. The molecule has 1 aliphatic carbocycles. The van der Waals surface area contributed by atoms with Crippen molar-refractivity contribution in [1.29, 1.82) is 0 Å². The van der Waals surface area contributed by atoms with Crippen LogP contribution < -0.4 is 0 Å². The number of hydrogen-bond acceptors (Lipinski definition) is 3. The molecule has 1 aliphatic heterocycles. The Hall–Kier alpha value is -1.49. The maximum atomic E-state index is 11.6. The number of hydrogen-bond donors (Lipinski definition) is 0. The van der Waals surface area contributed by atoms with Crippen LogP contribution >= 0.6 is 11.8 Å². The molecule has 0 radical (unpaired) electrons. The normalized spacial score (nSPS) is 18.8. The summed E-state index contributed by atoms with van der Waals surface area (Å²) in [5, 5.41) is 0. The van der Waals surface area contributed by atoms with E-state index >= 15 is 0 Å². The Bertz CT molecular complexity index is 855. The van der Waals surface area contributed by atoms with Gasteiger partial charge in [0.05, 0.1) is 11.0 Å². The number of nitrogens with zero attached hydrogens (tertiary/aromatic N) is 3. The average molecular weight is 400 g/mol. The molecular formula is C23H33N3OS. The van der Waals surface area contributed by atoms with Crippen LogP contribution in [0.4, 0.5) is 0 Å². The minimum absolute atomic E-state index is 0.0143. The van der Waals surface area contributed by atoms with Crippen LogP contribution in [-0.4, -0.2) is 39.2 Å². The van der Waals surface area contributed by atoms with Gasteiger partial charge in [0.15, 0.2) is 0 Å². The van der Waals surface area contributed by atoms with Crippen molar-refractivity contribution >= 4 is 28.7 Å². The van der Waals surface area contributed by atoms with E-state index in [4.69, 9.17) is 4.98 Å². The van der Waals surface area contributed by atoms with E-state index in [1.807, 2.05) is 16.7 Å². The van der Waals surface area contributed by atoms with E-state index in [2.05, 4.69) is 43.5 Å². The molecule has 0 atom stereocenters. The van der Waals surface area contributed by atoms with E-state index in [1.54, 1.807) is 6.92 Å². The monoisotopic (exact) mass is 399 g/mol. The Kier molecular flexibility index (Phi) is 5.47. The molecule has 2 fully saturated rings.